The summed E-state index contributed by atoms with van der Waals surface area (Å²) in [6.45, 7) is 3.06. The first kappa shape index (κ1) is 18.3. The third-order valence-corrected chi connectivity index (χ3v) is 5.83. The maximum atomic E-state index is 6.31. The second-order valence-electron chi connectivity index (χ2n) is 6.32. The monoisotopic (exact) mass is 412 g/mol. The SMILES string of the molecule is CCCn1c(-c2ccc3ccccc3c2)csc1=Nc1cc(Cl)ccc1Cl. The van der Waals surface area contributed by atoms with Gasteiger partial charge < -0.3 is 4.57 Å². The van der Waals surface area contributed by atoms with Crippen LogP contribution in [0.4, 0.5) is 5.69 Å². The molecule has 0 aliphatic carbocycles. The van der Waals surface area contributed by atoms with Crippen LogP contribution in [0.3, 0.4) is 0 Å². The van der Waals surface area contributed by atoms with Crippen LogP contribution < -0.4 is 4.80 Å². The van der Waals surface area contributed by atoms with E-state index >= 15 is 0 Å². The van der Waals surface area contributed by atoms with Crippen molar-refractivity contribution in [2.75, 3.05) is 0 Å². The lowest BCUT2D eigenvalue weighted by Gasteiger charge is -2.09. The minimum absolute atomic E-state index is 0.600. The molecule has 3 aromatic carbocycles. The standard InChI is InChI=1S/C22H18Cl2N2S/c1-2-11-26-21(17-8-7-15-5-3-4-6-16(15)12-17)14-27-22(26)25-20-13-18(23)9-10-19(20)24/h3-10,12-14H,2,11H2,1H3. The van der Waals surface area contributed by atoms with Gasteiger partial charge >= 0.3 is 0 Å². The Morgan fingerprint density at radius 3 is 2.59 bits per heavy atom. The molecule has 0 atom stereocenters. The number of thiazole rings is 1. The van der Waals surface area contributed by atoms with Crippen molar-refractivity contribution < 1.29 is 0 Å². The van der Waals surface area contributed by atoms with Crippen LogP contribution in [0.2, 0.25) is 10.0 Å². The molecule has 0 N–H and O–H groups in total. The maximum Gasteiger partial charge on any atom is 0.190 e. The molecule has 0 spiro atoms. The quantitative estimate of drug-likeness (QED) is 0.334. The smallest absolute Gasteiger partial charge is 0.190 e. The predicted octanol–water partition coefficient (Wildman–Crippen LogP) is 7.32. The number of benzene rings is 3. The highest BCUT2D eigenvalue weighted by Gasteiger charge is 2.09. The average molecular weight is 413 g/mol. The zero-order chi connectivity index (χ0) is 18.8. The van der Waals surface area contributed by atoms with Gasteiger partial charge in [-0.2, -0.15) is 0 Å². The van der Waals surface area contributed by atoms with E-state index in [0.717, 1.165) is 17.8 Å². The van der Waals surface area contributed by atoms with E-state index in [1.807, 2.05) is 0 Å². The molecule has 4 aromatic rings. The van der Waals surface area contributed by atoms with Crippen LogP contribution in [-0.2, 0) is 6.54 Å². The Morgan fingerprint density at radius 1 is 0.963 bits per heavy atom. The van der Waals surface area contributed by atoms with Crippen molar-refractivity contribution in [1.82, 2.24) is 4.57 Å². The van der Waals surface area contributed by atoms with E-state index in [9.17, 15) is 0 Å². The molecular formula is C22H18Cl2N2S. The Kier molecular flexibility index (Phi) is 5.35. The molecule has 0 amide bonds. The zero-order valence-corrected chi connectivity index (χ0v) is 17.2. The van der Waals surface area contributed by atoms with E-state index in [0.29, 0.717) is 15.7 Å². The Labute approximate surface area is 172 Å². The lowest BCUT2D eigenvalue weighted by molar-refractivity contribution is 0.668. The van der Waals surface area contributed by atoms with Crippen molar-refractivity contribution in [3.8, 4) is 11.3 Å². The Hall–Kier alpha value is -2.07. The van der Waals surface area contributed by atoms with Gasteiger partial charge in [0.25, 0.3) is 0 Å². The van der Waals surface area contributed by atoms with Crippen LogP contribution in [0.15, 0.2) is 71.0 Å². The van der Waals surface area contributed by atoms with Crippen LogP contribution in [-0.4, -0.2) is 4.57 Å². The van der Waals surface area contributed by atoms with Crippen LogP contribution >= 0.6 is 34.5 Å². The van der Waals surface area contributed by atoms with E-state index in [2.05, 4.69) is 59.3 Å². The highest BCUT2D eigenvalue weighted by Crippen LogP contribution is 2.29. The highest BCUT2D eigenvalue weighted by molar-refractivity contribution is 7.07. The summed E-state index contributed by atoms with van der Waals surface area (Å²) in [5.74, 6) is 0. The minimum Gasteiger partial charge on any atom is -0.316 e. The normalized spacial score (nSPS) is 12.0. The van der Waals surface area contributed by atoms with Gasteiger partial charge in [0.15, 0.2) is 4.80 Å². The largest absolute Gasteiger partial charge is 0.316 e. The summed E-state index contributed by atoms with van der Waals surface area (Å²) < 4.78 is 2.26. The van der Waals surface area contributed by atoms with Gasteiger partial charge in [-0.25, -0.2) is 4.99 Å². The molecule has 5 heteroatoms. The molecule has 27 heavy (non-hydrogen) atoms. The highest BCUT2D eigenvalue weighted by atomic mass is 35.5. The van der Waals surface area contributed by atoms with Crippen LogP contribution in [0, 0.1) is 0 Å². The molecule has 0 unspecified atom stereocenters. The first-order chi connectivity index (χ1) is 13.2. The third kappa shape index (κ3) is 3.81. The number of hydrogen-bond acceptors (Lipinski definition) is 2. The average Bonchev–Trinajstić information content (AvgIpc) is 3.07. The van der Waals surface area contributed by atoms with Crippen molar-refractivity contribution in [2.45, 2.75) is 19.9 Å². The Morgan fingerprint density at radius 2 is 1.78 bits per heavy atom. The van der Waals surface area contributed by atoms with Crippen molar-refractivity contribution in [1.29, 1.82) is 0 Å². The van der Waals surface area contributed by atoms with Crippen LogP contribution in [0.1, 0.15) is 13.3 Å². The molecule has 1 heterocycles. The van der Waals surface area contributed by atoms with E-state index in [4.69, 9.17) is 28.2 Å². The Bertz CT molecular complexity index is 1170. The number of hydrogen-bond donors (Lipinski definition) is 0. The fourth-order valence-corrected chi connectivity index (χ4v) is 4.39. The van der Waals surface area contributed by atoms with Gasteiger partial charge in [-0.15, -0.1) is 11.3 Å². The fourth-order valence-electron chi connectivity index (χ4n) is 3.11. The van der Waals surface area contributed by atoms with E-state index in [1.54, 1.807) is 29.5 Å². The number of aromatic nitrogens is 1. The second-order valence-corrected chi connectivity index (χ2v) is 8.00. The molecule has 4 rings (SSSR count). The number of rotatable bonds is 4. The first-order valence-electron chi connectivity index (χ1n) is 8.83. The topological polar surface area (TPSA) is 17.3 Å². The summed E-state index contributed by atoms with van der Waals surface area (Å²) in [6, 6.07) is 20.4. The van der Waals surface area contributed by atoms with Crippen LogP contribution in [0.25, 0.3) is 22.0 Å². The predicted molar refractivity (Wildman–Crippen MR) is 117 cm³/mol. The van der Waals surface area contributed by atoms with Crippen molar-refractivity contribution >= 4 is 51.0 Å². The van der Waals surface area contributed by atoms with Gasteiger partial charge in [-0.05, 0) is 47.0 Å². The molecule has 0 saturated carbocycles. The summed E-state index contributed by atoms with van der Waals surface area (Å²) in [5, 5.41) is 5.88. The van der Waals surface area contributed by atoms with Crippen molar-refractivity contribution in [3.63, 3.8) is 0 Å². The lowest BCUT2D eigenvalue weighted by Crippen LogP contribution is -2.15. The first-order valence-corrected chi connectivity index (χ1v) is 10.5. The summed E-state index contributed by atoms with van der Waals surface area (Å²) in [5.41, 5.74) is 3.06. The molecule has 0 radical (unpaired) electrons. The molecule has 0 fully saturated rings. The van der Waals surface area contributed by atoms with Gasteiger partial charge in [-0.3, -0.25) is 0 Å². The molecular weight excluding hydrogens is 395 g/mol. The van der Waals surface area contributed by atoms with Gasteiger partial charge in [0.2, 0.25) is 0 Å². The maximum absolute atomic E-state index is 6.31. The fraction of sp³-hybridized carbons (Fsp3) is 0.136. The van der Waals surface area contributed by atoms with Gasteiger partial charge in [0.1, 0.15) is 0 Å². The molecule has 1 aromatic heterocycles. The lowest BCUT2D eigenvalue weighted by atomic mass is 10.1. The molecule has 0 aliphatic rings. The number of fused-ring (bicyclic) bond motifs is 1. The molecule has 0 bridgehead atoms. The van der Waals surface area contributed by atoms with Crippen LogP contribution in [0.5, 0.6) is 0 Å². The summed E-state index contributed by atoms with van der Waals surface area (Å²) in [4.78, 5) is 5.71. The second kappa shape index (κ2) is 7.89. The molecule has 0 aliphatic heterocycles. The van der Waals surface area contributed by atoms with Gasteiger partial charge in [0, 0.05) is 16.9 Å². The van der Waals surface area contributed by atoms with Crippen molar-refractivity contribution in [3.05, 3.63) is 80.9 Å². The van der Waals surface area contributed by atoms with Gasteiger partial charge in [-0.1, -0.05) is 66.5 Å². The third-order valence-electron chi connectivity index (χ3n) is 4.41. The minimum atomic E-state index is 0.600. The summed E-state index contributed by atoms with van der Waals surface area (Å²) in [6.07, 6.45) is 1.02. The summed E-state index contributed by atoms with van der Waals surface area (Å²) >= 11 is 14.0. The molecule has 2 nitrogen and oxygen atoms in total. The molecule has 0 saturated heterocycles. The molecule has 136 valence electrons. The Balaban J connectivity index is 1.87. The van der Waals surface area contributed by atoms with E-state index < -0.39 is 0 Å². The number of nitrogens with zero attached hydrogens (tertiary/aromatic N) is 2. The van der Waals surface area contributed by atoms with E-state index in [-0.39, 0.29) is 0 Å². The zero-order valence-electron chi connectivity index (χ0n) is 14.8. The van der Waals surface area contributed by atoms with Crippen molar-refractivity contribution in [2.24, 2.45) is 4.99 Å². The number of halogens is 2. The van der Waals surface area contributed by atoms with E-state index in [1.165, 1.54) is 22.0 Å². The summed E-state index contributed by atoms with van der Waals surface area (Å²) in [7, 11) is 0. The van der Waals surface area contributed by atoms with Gasteiger partial charge in [0.05, 0.1) is 16.4 Å².